The van der Waals surface area contributed by atoms with Crippen LogP contribution in [0.1, 0.15) is 22.8 Å². The Morgan fingerprint density at radius 3 is 2.54 bits per heavy atom. The van der Waals surface area contributed by atoms with Gasteiger partial charge in [-0.25, -0.2) is 9.18 Å². The second kappa shape index (κ2) is 9.43. The van der Waals surface area contributed by atoms with Crippen molar-refractivity contribution >= 4 is 39.6 Å². The Morgan fingerprint density at radius 1 is 1.14 bits per heavy atom. The van der Waals surface area contributed by atoms with E-state index in [4.69, 9.17) is 17.0 Å². The van der Waals surface area contributed by atoms with Crippen molar-refractivity contribution in [3.05, 3.63) is 77.6 Å². The van der Waals surface area contributed by atoms with Crippen molar-refractivity contribution in [3.63, 3.8) is 0 Å². The third-order valence-corrected chi connectivity index (χ3v) is 5.23. The molecule has 7 heteroatoms. The summed E-state index contributed by atoms with van der Waals surface area (Å²) in [5, 5.41) is 7.14. The van der Waals surface area contributed by atoms with Gasteiger partial charge in [-0.15, -0.1) is 11.3 Å². The van der Waals surface area contributed by atoms with Crippen LogP contribution >= 0.6 is 23.6 Å². The molecule has 2 N–H and O–H groups in total. The average Bonchev–Trinajstić information content (AvgIpc) is 3.12. The lowest BCUT2D eigenvalue weighted by Gasteiger charge is -2.10. The number of anilines is 1. The monoisotopic (exact) mass is 414 g/mol. The largest absolute Gasteiger partial charge is 0.462 e. The Morgan fingerprint density at radius 2 is 1.86 bits per heavy atom. The molecule has 0 aliphatic carbocycles. The first kappa shape index (κ1) is 20.0. The average molecular weight is 415 g/mol. The molecule has 2 aromatic carbocycles. The third kappa shape index (κ3) is 5.15. The highest BCUT2D eigenvalue weighted by atomic mass is 32.1. The van der Waals surface area contributed by atoms with Gasteiger partial charge in [0.15, 0.2) is 5.11 Å². The molecule has 1 aromatic heterocycles. The lowest BCUT2D eigenvalue weighted by Crippen LogP contribution is -2.28. The number of carbonyl (C=O) groups is 1. The highest BCUT2D eigenvalue weighted by Crippen LogP contribution is 2.35. The Balaban J connectivity index is 1.75. The predicted octanol–water partition coefficient (Wildman–Crippen LogP) is 5.22. The van der Waals surface area contributed by atoms with Gasteiger partial charge < -0.3 is 15.4 Å². The molecule has 0 bridgehead atoms. The zero-order valence-electron chi connectivity index (χ0n) is 15.2. The van der Waals surface area contributed by atoms with Crippen LogP contribution in [-0.2, 0) is 11.3 Å². The zero-order valence-corrected chi connectivity index (χ0v) is 16.8. The van der Waals surface area contributed by atoms with E-state index in [2.05, 4.69) is 10.6 Å². The third-order valence-electron chi connectivity index (χ3n) is 3.88. The van der Waals surface area contributed by atoms with Crippen LogP contribution in [0.3, 0.4) is 0 Å². The van der Waals surface area contributed by atoms with E-state index in [0.717, 1.165) is 16.0 Å². The summed E-state index contributed by atoms with van der Waals surface area (Å²) in [4.78, 5) is 13.3. The molecule has 28 heavy (non-hydrogen) atoms. The molecule has 0 unspecified atom stereocenters. The molecule has 0 saturated carbocycles. The van der Waals surface area contributed by atoms with Gasteiger partial charge in [0.2, 0.25) is 0 Å². The minimum Gasteiger partial charge on any atom is -0.462 e. The molecule has 144 valence electrons. The highest BCUT2D eigenvalue weighted by Gasteiger charge is 2.19. The minimum absolute atomic E-state index is 0.282. The van der Waals surface area contributed by atoms with Crippen LogP contribution in [0.15, 0.2) is 60.7 Å². The van der Waals surface area contributed by atoms with E-state index >= 15 is 0 Å². The van der Waals surface area contributed by atoms with E-state index in [1.165, 1.54) is 23.5 Å². The molecule has 0 atom stereocenters. The maximum atomic E-state index is 13.0. The van der Waals surface area contributed by atoms with Crippen molar-refractivity contribution in [1.82, 2.24) is 5.32 Å². The van der Waals surface area contributed by atoms with Gasteiger partial charge in [-0.3, -0.25) is 0 Å². The number of esters is 1. The van der Waals surface area contributed by atoms with E-state index < -0.39 is 5.97 Å². The normalized spacial score (nSPS) is 10.4. The van der Waals surface area contributed by atoms with Crippen LogP contribution in [0.4, 0.5) is 9.39 Å². The SMILES string of the molecule is CCOC(=O)c1cc(-c2ccccc2)sc1NC(=S)NCc1ccc(F)cc1. The summed E-state index contributed by atoms with van der Waals surface area (Å²) in [7, 11) is 0. The summed E-state index contributed by atoms with van der Waals surface area (Å²) in [6.07, 6.45) is 0. The quantitative estimate of drug-likeness (QED) is 0.428. The molecule has 3 rings (SSSR count). The van der Waals surface area contributed by atoms with Crippen molar-refractivity contribution in [1.29, 1.82) is 0 Å². The summed E-state index contributed by atoms with van der Waals surface area (Å²) in [5.41, 5.74) is 2.35. The van der Waals surface area contributed by atoms with Crippen LogP contribution in [0, 0.1) is 5.82 Å². The smallest absolute Gasteiger partial charge is 0.341 e. The molecule has 0 radical (unpaired) electrons. The fourth-order valence-electron chi connectivity index (χ4n) is 2.52. The summed E-state index contributed by atoms with van der Waals surface area (Å²) in [6.45, 7) is 2.50. The molecule has 0 aliphatic rings. The summed E-state index contributed by atoms with van der Waals surface area (Å²) in [5.74, 6) is -0.680. The Labute approximate surface area is 172 Å². The minimum atomic E-state index is -0.398. The first-order chi connectivity index (χ1) is 13.6. The van der Waals surface area contributed by atoms with Gasteiger partial charge in [0, 0.05) is 11.4 Å². The number of ether oxygens (including phenoxy) is 1. The maximum absolute atomic E-state index is 13.0. The number of carbonyl (C=O) groups excluding carboxylic acids is 1. The fraction of sp³-hybridized carbons (Fsp3) is 0.143. The second-order valence-corrected chi connectivity index (χ2v) is 7.33. The van der Waals surface area contributed by atoms with Gasteiger partial charge in [-0.05, 0) is 48.5 Å². The zero-order chi connectivity index (χ0) is 19.9. The fourth-order valence-corrected chi connectivity index (χ4v) is 3.82. The lowest BCUT2D eigenvalue weighted by molar-refractivity contribution is 0.0528. The van der Waals surface area contributed by atoms with Crippen LogP contribution < -0.4 is 10.6 Å². The molecule has 0 saturated heterocycles. The molecule has 3 aromatic rings. The summed E-state index contributed by atoms with van der Waals surface area (Å²) >= 11 is 6.79. The Hall–Kier alpha value is -2.77. The van der Waals surface area contributed by atoms with Gasteiger partial charge in [0.1, 0.15) is 10.8 Å². The van der Waals surface area contributed by atoms with Gasteiger partial charge >= 0.3 is 5.97 Å². The highest BCUT2D eigenvalue weighted by molar-refractivity contribution is 7.80. The molecule has 0 spiro atoms. The number of nitrogens with one attached hydrogen (secondary N) is 2. The van der Waals surface area contributed by atoms with Crippen LogP contribution in [-0.4, -0.2) is 17.7 Å². The first-order valence-electron chi connectivity index (χ1n) is 8.72. The van der Waals surface area contributed by atoms with Crippen molar-refractivity contribution in [2.75, 3.05) is 11.9 Å². The number of hydrogen-bond donors (Lipinski definition) is 2. The van der Waals surface area contributed by atoms with Crippen molar-refractivity contribution in [3.8, 4) is 10.4 Å². The molecule has 1 heterocycles. The summed E-state index contributed by atoms with van der Waals surface area (Å²) in [6, 6.07) is 17.8. The van der Waals surface area contributed by atoms with Crippen molar-refractivity contribution in [2.45, 2.75) is 13.5 Å². The van der Waals surface area contributed by atoms with E-state index in [1.807, 2.05) is 36.4 Å². The topological polar surface area (TPSA) is 50.4 Å². The first-order valence-corrected chi connectivity index (χ1v) is 9.95. The number of thiocarbonyl (C=S) groups is 1. The van der Waals surface area contributed by atoms with Crippen LogP contribution in [0.5, 0.6) is 0 Å². The molecule has 4 nitrogen and oxygen atoms in total. The molecule has 0 aliphatic heterocycles. The van der Waals surface area contributed by atoms with Crippen molar-refractivity contribution in [2.24, 2.45) is 0 Å². The van der Waals surface area contributed by atoms with E-state index in [0.29, 0.717) is 28.8 Å². The second-order valence-electron chi connectivity index (χ2n) is 5.87. The standard InChI is InChI=1S/C21H19FN2O2S2/c1-2-26-20(25)17-12-18(15-6-4-3-5-7-15)28-19(17)24-21(27)23-13-14-8-10-16(22)11-9-14/h3-12H,2,13H2,1H3,(H2,23,24,27). The summed E-state index contributed by atoms with van der Waals surface area (Å²) < 4.78 is 18.2. The van der Waals surface area contributed by atoms with Crippen LogP contribution in [0.25, 0.3) is 10.4 Å². The van der Waals surface area contributed by atoms with Crippen molar-refractivity contribution < 1.29 is 13.9 Å². The van der Waals surface area contributed by atoms with E-state index in [9.17, 15) is 9.18 Å². The van der Waals surface area contributed by atoms with Gasteiger partial charge in [0.25, 0.3) is 0 Å². The Bertz CT molecular complexity index is 956. The van der Waals surface area contributed by atoms with E-state index in [-0.39, 0.29) is 5.82 Å². The van der Waals surface area contributed by atoms with Crippen LogP contribution in [0.2, 0.25) is 0 Å². The molecule has 0 fully saturated rings. The predicted molar refractivity (Wildman–Crippen MR) is 115 cm³/mol. The number of benzene rings is 2. The number of thiophene rings is 1. The molecular formula is C21H19FN2O2S2. The molecule has 0 amide bonds. The number of rotatable bonds is 6. The molecular weight excluding hydrogens is 395 g/mol. The van der Waals surface area contributed by atoms with Gasteiger partial charge in [-0.2, -0.15) is 0 Å². The number of hydrogen-bond acceptors (Lipinski definition) is 4. The lowest BCUT2D eigenvalue weighted by atomic mass is 10.1. The maximum Gasteiger partial charge on any atom is 0.341 e. The van der Waals surface area contributed by atoms with E-state index in [1.54, 1.807) is 19.1 Å². The van der Waals surface area contributed by atoms with Gasteiger partial charge in [-0.1, -0.05) is 42.5 Å². The Kier molecular flexibility index (Phi) is 6.73. The number of halogens is 1. The van der Waals surface area contributed by atoms with Gasteiger partial charge in [0.05, 0.1) is 12.2 Å².